The molecule has 0 aromatic rings. The van der Waals surface area contributed by atoms with Gasteiger partial charge in [0.25, 0.3) is 0 Å². The van der Waals surface area contributed by atoms with Crippen LogP contribution in [0.2, 0.25) is 39.3 Å². The first-order chi connectivity index (χ1) is 13.1. The third kappa shape index (κ3) is 8.14. The molecule has 0 saturated heterocycles. The number of ether oxygens (including phenoxy) is 1. The fourth-order valence-electron chi connectivity index (χ4n) is 3.61. The molecule has 2 bridgehead atoms. The average Bonchev–Trinajstić information content (AvgIpc) is 2.83. The number of allylic oxidation sites excluding steroid dienone is 2. The number of hydrogen-bond acceptors (Lipinski definition) is 2. The molecule has 158 valence electrons. The number of rotatable bonds is 3. The van der Waals surface area contributed by atoms with Crippen molar-refractivity contribution in [3.63, 3.8) is 0 Å². The fraction of sp³-hybridized carbons (Fsp3) is 0.500. The molecular formula is C20H29CrNO5Si2. The van der Waals surface area contributed by atoms with Gasteiger partial charge in [0.05, 0.1) is 34.8 Å². The van der Waals surface area contributed by atoms with Crippen molar-refractivity contribution >= 4 is 22.2 Å². The Balaban J connectivity index is -0.000000883. The van der Waals surface area contributed by atoms with E-state index in [0.717, 1.165) is 0 Å². The summed E-state index contributed by atoms with van der Waals surface area (Å²) in [6.45, 7) is 30.1. The van der Waals surface area contributed by atoms with Crippen LogP contribution in [-0.4, -0.2) is 45.8 Å². The zero-order chi connectivity index (χ0) is 22.7. The molecule has 2 aliphatic heterocycles. The van der Waals surface area contributed by atoms with Crippen LogP contribution in [0.1, 0.15) is 6.92 Å². The van der Waals surface area contributed by atoms with E-state index in [1.165, 1.54) is 0 Å². The zero-order valence-electron chi connectivity index (χ0n) is 18.1. The maximum Gasteiger partial charge on any atom is 0 e. The number of hydrogen-bond donors (Lipinski definition) is 0. The summed E-state index contributed by atoms with van der Waals surface area (Å²) in [7, 11) is -3.07. The van der Waals surface area contributed by atoms with Crippen LogP contribution in [0, 0.1) is 20.0 Å². The van der Waals surface area contributed by atoms with Crippen molar-refractivity contribution in [2.24, 2.45) is 0 Å². The Morgan fingerprint density at radius 3 is 1.45 bits per heavy atom. The molecule has 29 heavy (non-hydrogen) atoms. The standard InChI is InChI=1S/C17H29NO2Si2.3CO.Cr/c1-8-20-17(19)18-13-11-9-10-12-14(18)16(22(5,6)7)15(13)21(2,3)4;3*1-2;/h9-14H,8H2,1-7H3;;;;/t13-,14+;;;;. The number of carbonyl (C=O) groups excluding carboxylic acids is 1. The van der Waals surface area contributed by atoms with Gasteiger partial charge in [0.2, 0.25) is 0 Å². The second-order valence-electron chi connectivity index (χ2n) is 8.09. The van der Waals surface area contributed by atoms with Crippen molar-refractivity contribution in [1.29, 1.82) is 0 Å². The minimum absolute atomic E-state index is 0. The maximum atomic E-state index is 12.6. The van der Waals surface area contributed by atoms with Gasteiger partial charge in [0.1, 0.15) is 0 Å². The van der Waals surface area contributed by atoms with E-state index < -0.39 is 16.1 Å². The number of carbonyl (C=O) groups is 1. The minimum Gasteiger partial charge on any atom is 0 e. The number of nitrogens with zero attached hydrogens (tertiary/aromatic N) is 1. The minimum atomic E-state index is -1.54. The summed E-state index contributed by atoms with van der Waals surface area (Å²) in [5.74, 6) is 0. The van der Waals surface area contributed by atoms with Crippen LogP contribution < -0.4 is 0 Å². The van der Waals surface area contributed by atoms with E-state index in [4.69, 9.17) is 18.7 Å². The predicted octanol–water partition coefficient (Wildman–Crippen LogP) is 4.26. The molecule has 2 heterocycles. The Morgan fingerprint density at radius 2 is 1.21 bits per heavy atom. The number of amides is 1. The molecule has 2 aliphatic rings. The predicted molar refractivity (Wildman–Crippen MR) is 110 cm³/mol. The molecule has 0 unspecified atom stereocenters. The second kappa shape index (κ2) is 14.6. The summed E-state index contributed by atoms with van der Waals surface area (Å²) in [4.78, 5) is 14.6. The monoisotopic (exact) mass is 471 g/mol. The van der Waals surface area contributed by atoms with Gasteiger partial charge in [0.15, 0.2) is 0 Å². The zero-order valence-corrected chi connectivity index (χ0v) is 21.3. The van der Waals surface area contributed by atoms with Crippen molar-refractivity contribution in [3.8, 4) is 0 Å². The van der Waals surface area contributed by atoms with Gasteiger partial charge in [-0.25, -0.2) is 4.79 Å². The van der Waals surface area contributed by atoms with Crippen molar-refractivity contribution in [3.05, 3.63) is 54.6 Å². The number of fused-ring (bicyclic) bond motifs is 2. The molecule has 0 saturated carbocycles. The SMILES string of the molecule is CCOC(=O)N1[C@@H]2C=CC=C[C@H]1C([Si](C)(C)C)=C2[Si](C)(C)C.[C-]#[O+].[C-]#[O+].[C-]#[O+].[Cr]. The Bertz CT molecular complexity index is 627. The molecule has 0 aromatic carbocycles. The Hall–Kier alpha value is -1.32. The summed E-state index contributed by atoms with van der Waals surface area (Å²) in [5.41, 5.74) is 0. The van der Waals surface area contributed by atoms with E-state index >= 15 is 0 Å². The first-order valence-corrected chi connectivity index (χ1v) is 15.8. The Labute approximate surface area is 187 Å². The van der Waals surface area contributed by atoms with Crippen molar-refractivity contribution in [1.82, 2.24) is 4.90 Å². The van der Waals surface area contributed by atoms with E-state index in [0.29, 0.717) is 6.61 Å². The van der Waals surface area contributed by atoms with Gasteiger partial charge in [0, 0.05) is 17.4 Å². The second-order valence-corrected chi connectivity index (χ2v) is 18.2. The smallest absolute Gasteiger partial charge is 0 e. The third-order valence-corrected chi connectivity index (χ3v) is 8.89. The van der Waals surface area contributed by atoms with E-state index in [1.807, 2.05) is 11.8 Å². The van der Waals surface area contributed by atoms with Gasteiger partial charge in [-0.2, -0.15) is 0 Å². The van der Waals surface area contributed by atoms with Gasteiger partial charge in [-0.15, -0.1) is 0 Å². The summed E-state index contributed by atoms with van der Waals surface area (Å²) in [6.07, 6.45) is 8.33. The maximum absolute atomic E-state index is 12.6. The molecule has 9 heteroatoms. The quantitative estimate of drug-likeness (QED) is 0.350. The first-order valence-electron chi connectivity index (χ1n) is 8.75. The molecule has 0 radical (unpaired) electrons. The average molecular weight is 472 g/mol. The normalized spacial score (nSPS) is 19.0. The van der Waals surface area contributed by atoms with Crippen molar-refractivity contribution in [2.75, 3.05) is 6.61 Å². The van der Waals surface area contributed by atoms with Crippen LogP contribution >= 0.6 is 0 Å². The van der Waals surface area contributed by atoms with Crippen LogP contribution in [0.15, 0.2) is 34.7 Å². The van der Waals surface area contributed by atoms with Gasteiger partial charge in [-0.05, 0) is 6.92 Å². The fourth-order valence-corrected chi connectivity index (χ4v) is 10.0. The molecule has 0 spiro atoms. The summed E-state index contributed by atoms with van der Waals surface area (Å²) in [6, 6.07) is 0.153. The van der Waals surface area contributed by atoms with E-state index in [2.05, 4.69) is 83.5 Å². The van der Waals surface area contributed by atoms with Crippen LogP contribution in [0.5, 0.6) is 0 Å². The van der Waals surface area contributed by atoms with E-state index in [9.17, 15) is 4.79 Å². The van der Waals surface area contributed by atoms with Gasteiger partial charge in [-0.3, -0.25) is 4.90 Å². The molecule has 2 atom stereocenters. The van der Waals surface area contributed by atoms with Gasteiger partial charge < -0.3 is 4.74 Å². The third-order valence-electron chi connectivity index (χ3n) is 4.27. The molecule has 2 rings (SSSR count). The molecule has 1 amide bonds. The Morgan fingerprint density at radius 1 is 0.897 bits per heavy atom. The van der Waals surface area contributed by atoms with Crippen LogP contribution in [0.3, 0.4) is 0 Å². The summed E-state index contributed by atoms with van der Waals surface area (Å²) in [5, 5.41) is 3.09. The molecular weight excluding hydrogens is 442 g/mol. The van der Waals surface area contributed by atoms with Crippen LogP contribution in [0.25, 0.3) is 0 Å². The van der Waals surface area contributed by atoms with Crippen LogP contribution in [0.4, 0.5) is 4.79 Å². The van der Waals surface area contributed by atoms with Crippen LogP contribution in [-0.2, 0) is 36.1 Å². The van der Waals surface area contributed by atoms with E-state index in [-0.39, 0.29) is 35.5 Å². The summed E-state index contributed by atoms with van der Waals surface area (Å²) >= 11 is 0. The largest absolute Gasteiger partial charge is 0 e. The van der Waals surface area contributed by atoms with Gasteiger partial charge >= 0.3 is 40.0 Å². The molecule has 0 fully saturated rings. The molecule has 6 nitrogen and oxygen atoms in total. The van der Waals surface area contributed by atoms with E-state index in [1.54, 1.807) is 10.4 Å². The van der Waals surface area contributed by atoms with Gasteiger partial charge in [-0.1, -0.05) is 74.0 Å². The molecule has 0 aromatic heterocycles. The molecule has 0 N–H and O–H groups in total. The summed E-state index contributed by atoms with van der Waals surface area (Å²) < 4.78 is 27.9. The molecule has 0 aliphatic carbocycles. The Kier molecular flexibility index (Phi) is 16.3. The first kappa shape index (κ1) is 32.3. The topological polar surface area (TPSA) is 89.2 Å². The van der Waals surface area contributed by atoms with Crippen molar-refractivity contribution in [2.45, 2.75) is 58.3 Å². The van der Waals surface area contributed by atoms with Crippen molar-refractivity contribution < 1.29 is 40.8 Å².